The Morgan fingerprint density at radius 2 is 1.80 bits per heavy atom. The summed E-state index contributed by atoms with van der Waals surface area (Å²) < 4.78 is 5.90. The minimum Gasteiger partial charge on any atom is -0.618 e. The van der Waals surface area contributed by atoms with Gasteiger partial charge >= 0.3 is 0 Å². The van der Waals surface area contributed by atoms with Crippen molar-refractivity contribution in [3.8, 4) is 17.0 Å². The van der Waals surface area contributed by atoms with E-state index in [0.717, 1.165) is 16.0 Å². The SMILES string of the molecule is COc1ccc(-c2cccc[n+]2[O-])cc1. The topological polar surface area (TPSA) is 36.2 Å². The zero-order valence-electron chi connectivity index (χ0n) is 8.38. The van der Waals surface area contributed by atoms with E-state index >= 15 is 0 Å². The first-order valence-corrected chi connectivity index (χ1v) is 4.64. The number of aromatic nitrogens is 1. The molecule has 0 atom stereocenters. The predicted molar refractivity (Wildman–Crippen MR) is 57.4 cm³/mol. The van der Waals surface area contributed by atoms with Crippen LogP contribution in [0.2, 0.25) is 0 Å². The lowest BCUT2D eigenvalue weighted by Gasteiger charge is -2.04. The highest BCUT2D eigenvalue weighted by Crippen LogP contribution is 2.18. The molecule has 3 heteroatoms. The van der Waals surface area contributed by atoms with E-state index < -0.39 is 0 Å². The molecule has 0 aliphatic heterocycles. The van der Waals surface area contributed by atoms with Crippen molar-refractivity contribution in [1.29, 1.82) is 0 Å². The van der Waals surface area contributed by atoms with E-state index in [1.54, 1.807) is 19.2 Å². The van der Waals surface area contributed by atoms with Gasteiger partial charge in [0.15, 0.2) is 6.20 Å². The molecule has 76 valence electrons. The van der Waals surface area contributed by atoms with E-state index in [2.05, 4.69) is 0 Å². The second kappa shape index (κ2) is 4.00. The molecule has 0 unspecified atom stereocenters. The van der Waals surface area contributed by atoms with Gasteiger partial charge in [-0.15, -0.1) is 0 Å². The van der Waals surface area contributed by atoms with E-state index in [4.69, 9.17) is 4.74 Å². The maximum absolute atomic E-state index is 11.5. The lowest BCUT2D eigenvalue weighted by atomic mass is 10.1. The summed E-state index contributed by atoms with van der Waals surface area (Å²) in [6, 6.07) is 12.7. The number of pyridine rings is 1. The molecule has 0 spiro atoms. The van der Waals surface area contributed by atoms with Crippen LogP contribution in [0.15, 0.2) is 48.7 Å². The average molecular weight is 201 g/mol. The van der Waals surface area contributed by atoms with Crippen molar-refractivity contribution < 1.29 is 9.47 Å². The van der Waals surface area contributed by atoms with Crippen LogP contribution < -0.4 is 9.47 Å². The number of methoxy groups -OCH3 is 1. The standard InChI is InChI=1S/C12H11NO2/c1-15-11-7-5-10(6-8-11)12-4-2-3-9-13(12)14/h2-9H,1H3. The molecule has 0 radical (unpaired) electrons. The smallest absolute Gasteiger partial charge is 0.223 e. The Bertz CT molecular complexity index is 451. The van der Waals surface area contributed by atoms with E-state index in [9.17, 15) is 5.21 Å². The number of hydrogen-bond donors (Lipinski definition) is 0. The molecule has 0 aliphatic rings. The molecule has 0 bridgehead atoms. The van der Waals surface area contributed by atoms with Crippen LogP contribution in [0, 0.1) is 5.21 Å². The van der Waals surface area contributed by atoms with Crippen molar-refractivity contribution in [2.45, 2.75) is 0 Å². The second-order valence-corrected chi connectivity index (χ2v) is 3.14. The molecule has 1 aromatic heterocycles. The summed E-state index contributed by atoms with van der Waals surface area (Å²) in [5.74, 6) is 0.784. The highest BCUT2D eigenvalue weighted by Gasteiger charge is 2.06. The third-order valence-corrected chi connectivity index (χ3v) is 2.21. The maximum atomic E-state index is 11.5. The molecule has 1 aromatic carbocycles. The average Bonchev–Trinajstić information content (AvgIpc) is 2.30. The third kappa shape index (κ3) is 1.91. The molecule has 0 saturated heterocycles. The fourth-order valence-corrected chi connectivity index (χ4v) is 1.41. The Morgan fingerprint density at radius 1 is 1.07 bits per heavy atom. The number of ether oxygens (including phenoxy) is 1. The van der Waals surface area contributed by atoms with Gasteiger partial charge in [-0.1, -0.05) is 0 Å². The number of rotatable bonds is 2. The third-order valence-electron chi connectivity index (χ3n) is 2.21. The van der Waals surface area contributed by atoms with E-state index in [-0.39, 0.29) is 0 Å². The van der Waals surface area contributed by atoms with Gasteiger partial charge < -0.3 is 9.94 Å². The summed E-state index contributed by atoms with van der Waals surface area (Å²) in [7, 11) is 1.62. The van der Waals surface area contributed by atoms with Gasteiger partial charge in [-0.2, -0.15) is 4.73 Å². The van der Waals surface area contributed by atoms with Crippen LogP contribution in [0.5, 0.6) is 5.75 Å². The highest BCUT2D eigenvalue weighted by atomic mass is 16.5. The minimum absolute atomic E-state index is 0.639. The zero-order valence-corrected chi connectivity index (χ0v) is 8.38. The maximum Gasteiger partial charge on any atom is 0.223 e. The van der Waals surface area contributed by atoms with Crippen LogP contribution in [-0.2, 0) is 0 Å². The molecule has 2 aromatic rings. The lowest BCUT2D eigenvalue weighted by Crippen LogP contribution is -2.27. The van der Waals surface area contributed by atoms with Gasteiger partial charge in [-0.3, -0.25) is 0 Å². The van der Waals surface area contributed by atoms with E-state index in [0.29, 0.717) is 5.69 Å². The lowest BCUT2D eigenvalue weighted by molar-refractivity contribution is -0.593. The normalized spacial score (nSPS) is 9.93. The van der Waals surface area contributed by atoms with E-state index in [1.807, 2.05) is 30.3 Å². The van der Waals surface area contributed by atoms with Gasteiger partial charge in [0.1, 0.15) is 5.75 Å². The Morgan fingerprint density at radius 3 is 2.40 bits per heavy atom. The molecule has 2 rings (SSSR count). The van der Waals surface area contributed by atoms with Crippen molar-refractivity contribution in [1.82, 2.24) is 0 Å². The van der Waals surface area contributed by atoms with Gasteiger partial charge in [0.05, 0.1) is 7.11 Å². The monoisotopic (exact) mass is 201 g/mol. The number of hydrogen-bond acceptors (Lipinski definition) is 2. The second-order valence-electron chi connectivity index (χ2n) is 3.14. The first-order valence-electron chi connectivity index (χ1n) is 4.64. The molecular formula is C12H11NO2. The van der Waals surface area contributed by atoms with Crippen LogP contribution in [0.3, 0.4) is 0 Å². The largest absolute Gasteiger partial charge is 0.618 e. The van der Waals surface area contributed by atoms with Crippen LogP contribution >= 0.6 is 0 Å². The number of benzene rings is 1. The number of nitrogens with zero attached hydrogens (tertiary/aromatic N) is 1. The summed E-state index contributed by atoms with van der Waals surface area (Å²) in [5.41, 5.74) is 1.52. The van der Waals surface area contributed by atoms with Crippen molar-refractivity contribution in [3.63, 3.8) is 0 Å². The van der Waals surface area contributed by atoms with Crippen LogP contribution in [0.25, 0.3) is 11.3 Å². The first-order chi connectivity index (χ1) is 7.31. The van der Waals surface area contributed by atoms with Crippen molar-refractivity contribution in [2.24, 2.45) is 0 Å². The summed E-state index contributed by atoms with van der Waals surface area (Å²) in [5, 5.41) is 11.5. The van der Waals surface area contributed by atoms with Gasteiger partial charge in [0.25, 0.3) is 0 Å². The molecule has 0 saturated carbocycles. The molecule has 0 aliphatic carbocycles. The Hall–Kier alpha value is -2.03. The molecule has 15 heavy (non-hydrogen) atoms. The summed E-state index contributed by atoms with van der Waals surface area (Å²) in [6.45, 7) is 0. The summed E-state index contributed by atoms with van der Waals surface area (Å²) >= 11 is 0. The van der Waals surface area contributed by atoms with Gasteiger partial charge in [-0.25, -0.2) is 0 Å². The van der Waals surface area contributed by atoms with Crippen molar-refractivity contribution in [3.05, 3.63) is 53.9 Å². The molecule has 0 amide bonds. The van der Waals surface area contributed by atoms with Crippen molar-refractivity contribution >= 4 is 0 Å². The van der Waals surface area contributed by atoms with Crippen LogP contribution in [0.4, 0.5) is 0 Å². The van der Waals surface area contributed by atoms with Gasteiger partial charge in [0.2, 0.25) is 5.69 Å². The van der Waals surface area contributed by atoms with Crippen LogP contribution in [0.1, 0.15) is 0 Å². The summed E-state index contributed by atoms with van der Waals surface area (Å²) in [6.07, 6.45) is 1.49. The molecule has 1 heterocycles. The van der Waals surface area contributed by atoms with Crippen LogP contribution in [-0.4, -0.2) is 7.11 Å². The van der Waals surface area contributed by atoms with Crippen molar-refractivity contribution in [2.75, 3.05) is 7.11 Å². The zero-order chi connectivity index (χ0) is 10.7. The Kier molecular flexibility index (Phi) is 2.54. The molecular weight excluding hydrogens is 190 g/mol. The first kappa shape index (κ1) is 9.52. The van der Waals surface area contributed by atoms with Gasteiger partial charge in [0, 0.05) is 17.7 Å². The predicted octanol–water partition coefficient (Wildman–Crippen LogP) is 2.00. The van der Waals surface area contributed by atoms with E-state index in [1.165, 1.54) is 6.20 Å². The fraction of sp³-hybridized carbons (Fsp3) is 0.0833. The highest BCUT2D eigenvalue weighted by molar-refractivity contribution is 5.57. The quantitative estimate of drug-likeness (QED) is 0.550. The van der Waals surface area contributed by atoms with Gasteiger partial charge in [-0.05, 0) is 30.3 Å². The fourth-order valence-electron chi connectivity index (χ4n) is 1.41. The molecule has 0 fully saturated rings. The minimum atomic E-state index is 0.639. The Balaban J connectivity index is 2.42. The molecule has 3 nitrogen and oxygen atoms in total. The summed E-state index contributed by atoms with van der Waals surface area (Å²) in [4.78, 5) is 0. The Labute approximate surface area is 88.1 Å². The molecule has 0 N–H and O–H groups in total.